The summed E-state index contributed by atoms with van der Waals surface area (Å²) in [5.74, 6) is -1.49. The highest BCUT2D eigenvalue weighted by Gasteiger charge is 2.18. The second kappa shape index (κ2) is 7.81. The number of nitrogens with one attached hydrogen (secondary N) is 1. The van der Waals surface area contributed by atoms with E-state index < -0.39 is 12.0 Å². The van der Waals surface area contributed by atoms with Crippen molar-refractivity contribution in [3.8, 4) is 0 Å². The van der Waals surface area contributed by atoms with E-state index in [4.69, 9.17) is 28.3 Å². The first-order valence-electron chi connectivity index (χ1n) is 7.89. The van der Waals surface area contributed by atoms with E-state index in [0.717, 1.165) is 5.56 Å². The fraction of sp³-hybridized carbons (Fsp3) is 0.176. The molecule has 8 nitrogen and oxygen atoms in total. The molecule has 0 saturated carbocycles. The molecule has 2 aromatic heterocycles. The van der Waals surface area contributed by atoms with Gasteiger partial charge < -0.3 is 10.4 Å². The Hall–Kier alpha value is -2.84. The smallest absolute Gasteiger partial charge is 0.356 e. The van der Waals surface area contributed by atoms with E-state index in [1.165, 1.54) is 23.1 Å². The number of rotatable bonds is 6. The molecule has 1 atom stereocenters. The van der Waals surface area contributed by atoms with Crippen molar-refractivity contribution in [2.45, 2.75) is 19.5 Å². The van der Waals surface area contributed by atoms with Crippen LogP contribution in [0.25, 0.3) is 0 Å². The lowest BCUT2D eigenvalue weighted by molar-refractivity contribution is -0.119. The number of amides is 1. The second-order valence-electron chi connectivity index (χ2n) is 5.83. The van der Waals surface area contributed by atoms with Crippen molar-refractivity contribution in [1.82, 2.24) is 19.6 Å². The monoisotopic (exact) mass is 407 g/mol. The molecule has 1 unspecified atom stereocenters. The Labute approximate surface area is 164 Å². The topological polar surface area (TPSA) is 102 Å². The van der Waals surface area contributed by atoms with Crippen molar-refractivity contribution in [2.75, 3.05) is 5.32 Å². The number of halogens is 2. The summed E-state index contributed by atoms with van der Waals surface area (Å²) in [6, 6.07) is 5.96. The Morgan fingerprint density at radius 2 is 2.04 bits per heavy atom. The van der Waals surface area contributed by atoms with E-state index in [9.17, 15) is 9.59 Å². The maximum Gasteiger partial charge on any atom is 0.356 e. The average molecular weight is 408 g/mol. The van der Waals surface area contributed by atoms with Gasteiger partial charge in [-0.2, -0.15) is 10.2 Å². The van der Waals surface area contributed by atoms with Gasteiger partial charge in [0.15, 0.2) is 5.69 Å². The maximum absolute atomic E-state index is 12.4. The van der Waals surface area contributed by atoms with Crippen LogP contribution in [0, 0.1) is 0 Å². The molecule has 0 aliphatic carbocycles. The van der Waals surface area contributed by atoms with Crippen molar-refractivity contribution in [3.05, 3.63) is 64.2 Å². The number of carboxylic acids is 1. The van der Waals surface area contributed by atoms with Gasteiger partial charge >= 0.3 is 5.97 Å². The summed E-state index contributed by atoms with van der Waals surface area (Å²) in [5, 5.41) is 20.6. The summed E-state index contributed by atoms with van der Waals surface area (Å²) < 4.78 is 2.94. The largest absolute Gasteiger partial charge is 0.476 e. The molecule has 0 spiro atoms. The number of carbonyl (C=O) groups excluding carboxylic acids is 1. The van der Waals surface area contributed by atoms with Crippen LogP contribution in [-0.2, 0) is 11.3 Å². The Bertz CT molecular complexity index is 998. The van der Waals surface area contributed by atoms with Crippen LogP contribution in [-0.4, -0.2) is 36.5 Å². The zero-order valence-electron chi connectivity index (χ0n) is 14.1. The number of hydrogen-bond acceptors (Lipinski definition) is 4. The number of carboxylic acid groups (broad SMARTS) is 1. The minimum absolute atomic E-state index is 0.121. The Balaban J connectivity index is 1.64. The third-order valence-electron chi connectivity index (χ3n) is 3.83. The molecule has 10 heteroatoms. The molecule has 140 valence electrons. The highest BCUT2D eigenvalue weighted by atomic mass is 35.5. The summed E-state index contributed by atoms with van der Waals surface area (Å²) in [5.41, 5.74) is 1.30. The molecule has 0 bridgehead atoms. The lowest BCUT2D eigenvalue weighted by Crippen LogP contribution is -2.24. The van der Waals surface area contributed by atoms with Crippen LogP contribution in [0.5, 0.6) is 0 Å². The van der Waals surface area contributed by atoms with Gasteiger partial charge in [-0.3, -0.25) is 14.2 Å². The first-order chi connectivity index (χ1) is 12.8. The van der Waals surface area contributed by atoms with Crippen LogP contribution in [0.4, 0.5) is 5.69 Å². The molecule has 0 radical (unpaired) electrons. The zero-order chi connectivity index (χ0) is 19.6. The van der Waals surface area contributed by atoms with E-state index in [0.29, 0.717) is 22.3 Å². The third kappa shape index (κ3) is 4.47. The highest BCUT2D eigenvalue weighted by Crippen LogP contribution is 2.23. The molecule has 0 aliphatic rings. The molecule has 0 saturated heterocycles. The summed E-state index contributed by atoms with van der Waals surface area (Å²) in [6.45, 7) is 2.08. The molecule has 3 aromatic rings. The van der Waals surface area contributed by atoms with Crippen LogP contribution in [0.15, 0.2) is 42.9 Å². The summed E-state index contributed by atoms with van der Waals surface area (Å²) in [7, 11) is 0. The fourth-order valence-electron chi connectivity index (χ4n) is 2.37. The average Bonchev–Trinajstić information content (AvgIpc) is 3.27. The first-order valence-corrected chi connectivity index (χ1v) is 8.65. The van der Waals surface area contributed by atoms with Crippen molar-refractivity contribution in [3.63, 3.8) is 0 Å². The highest BCUT2D eigenvalue weighted by molar-refractivity contribution is 6.42. The van der Waals surface area contributed by atoms with Crippen molar-refractivity contribution >= 4 is 40.8 Å². The third-order valence-corrected chi connectivity index (χ3v) is 4.57. The number of aromatic carboxylic acids is 1. The van der Waals surface area contributed by atoms with Crippen LogP contribution in [0.3, 0.4) is 0 Å². The molecular weight excluding hydrogens is 393 g/mol. The predicted octanol–water partition coefficient (Wildman–Crippen LogP) is 3.33. The maximum atomic E-state index is 12.4. The van der Waals surface area contributed by atoms with Crippen LogP contribution in [0.1, 0.15) is 29.0 Å². The van der Waals surface area contributed by atoms with Gasteiger partial charge in [0.2, 0.25) is 5.91 Å². The molecule has 0 fully saturated rings. The van der Waals surface area contributed by atoms with E-state index >= 15 is 0 Å². The number of aromatic nitrogens is 4. The Morgan fingerprint density at radius 3 is 2.70 bits per heavy atom. The second-order valence-corrected chi connectivity index (χ2v) is 6.64. The lowest BCUT2D eigenvalue weighted by Gasteiger charge is -2.11. The number of hydrogen-bond donors (Lipinski definition) is 2. The molecule has 3 rings (SSSR count). The number of carbonyl (C=O) groups is 2. The number of benzene rings is 1. The minimum Gasteiger partial charge on any atom is -0.476 e. The molecule has 27 heavy (non-hydrogen) atoms. The zero-order valence-corrected chi connectivity index (χ0v) is 15.6. The number of nitrogens with zero attached hydrogens (tertiary/aromatic N) is 4. The van der Waals surface area contributed by atoms with Crippen LogP contribution in [0.2, 0.25) is 10.0 Å². The molecule has 1 aromatic carbocycles. The van der Waals surface area contributed by atoms with E-state index in [-0.39, 0.29) is 11.6 Å². The first kappa shape index (κ1) is 18.9. The van der Waals surface area contributed by atoms with Gasteiger partial charge in [0, 0.05) is 12.4 Å². The van der Waals surface area contributed by atoms with Crippen molar-refractivity contribution in [2.24, 2.45) is 0 Å². The minimum atomic E-state index is -1.15. The molecular formula is C17H15Cl2N5O3. The van der Waals surface area contributed by atoms with Gasteiger partial charge in [0.25, 0.3) is 0 Å². The SMILES string of the molecule is CC(C(=O)Nc1cnn(Cc2ccc(Cl)c(Cl)c2)c1)n1ccc(C(=O)O)n1. The summed E-state index contributed by atoms with van der Waals surface area (Å²) >= 11 is 11.9. The predicted molar refractivity (Wildman–Crippen MR) is 100 cm³/mol. The quantitative estimate of drug-likeness (QED) is 0.652. The molecule has 1 amide bonds. The molecule has 0 aliphatic heterocycles. The van der Waals surface area contributed by atoms with Gasteiger partial charge in [-0.1, -0.05) is 29.3 Å². The van der Waals surface area contributed by atoms with Crippen molar-refractivity contribution < 1.29 is 14.7 Å². The molecule has 2 heterocycles. The standard InChI is InChI=1S/C17H15Cl2N5O3/c1-10(24-5-4-15(22-24)17(26)27)16(25)21-12-7-20-23(9-12)8-11-2-3-13(18)14(19)6-11/h2-7,9-10H,8H2,1H3,(H,21,25)(H,26,27). The van der Waals surface area contributed by atoms with E-state index in [1.54, 1.807) is 29.9 Å². The summed E-state index contributed by atoms with van der Waals surface area (Å²) in [6.07, 6.45) is 4.65. The van der Waals surface area contributed by atoms with Gasteiger partial charge in [-0.25, -0.2) is 4.79 Å². The van der Waals surface area contributed by atoms with Gasteiger partial charge in [-0.15, -0.1) is 0 Å². The van der Waals surface area contributed by atoms with Gasteiger partial charge in [-0.05, 0) is 30.7 Å². The van der Waals surface area contributed by atoms with E-state index in [1.807, 2.05) is 6.07 Å². The fourth-order valence-corrected chi connectivity index (χ4v) is 2.69. The number of anilines is 1. The van der Waals surface area contributed by atoms with E-state index in [2.05, 4.69) is 15.5 Å². The normalized spacial score (nSPS) is 12.0. The van der Waals surface area contributed by atoms with Crippen molar-refractivity contribution in [1.29, 1.82) is 0 Å². The molecule has 2 N–H and O–H groups in total. The van der Waals surface area contributed by atoms with Gasteiger partial charge in [0.1, 0.15) is 6.04 Å². The van der Waals surface area contributed by atoms with Crippen LogP contribution >= 0.6 is 23.2 Å². The summed E-state index contributed by atoms with van der Waals surface area (Å²) in [4.78, 5) is 23.2. The van der Waals surface area contributed by atoms with Gasteiger partial charge in [0.05, 0.1) is 28.5 Å². The van der Waals surface area contributed by atoms with Crippen LogP contribution < -0.4 is 5.32 Å². The Morgan fingerprint density at radius 1 is 1.26 bits per heavy atom. The Kier molecular flexibility index (Phi) is 5.48. The lowest BCUT2D eigenvalue weighted by atomic mass is 10.2.